The van der Waals surface area contributed by atoms with Crippen LogP contribution >= 0.6 is 23.8 Å². The molecule has 2 rings (SSSR count). The second-order valence-electron chi connectivity index (χ2n) is 4.68. The number of nitrogens with two attached hydrogens (primary N) is 1. The maximum atomic E-state index is 6.18. The normalized spacial score (nSPS) is 18.3. The van der Waals surface area contributed by atoms with Gasteiger partial charge in [-0.25, -0.2) is 0 Å². The predicted octanol–water partition coefficient (Wildman–Crippen LogP) is 1.92. The number of hydrogen-bond acceptors (Lipinski definition) is 4. The van der Waals surface area contributed by atoms with Crippen LogP contribution in [0.5, 0.6) is 0 Å². The average Bonchev–Trinajstić information content (AvgIpc) is 2.41. The van der Waals surface area contributed by atoms with Crippen LogP contribution in [-0.2, 0) is 0 Å². The minimum absolute atomic E-state index is 0.213. The highest BCUT2D eigenvalue weighted by Crippen LogP contribution is 2.25. The first kappa shape index (κ1) is 14.5. The molecule has 6 heteroatoms. The molecule has 19 heavy (non-hydrogen) atoms. The summed E-state index contributed by atoms with van der Waals surface area (Å²) >= 11 is 11.3. The largest absolute Gasteiger partial charge is 0.392 e. The number of thiocarbonyl (C=S) groups is 1. The third kappa shape index (κ3) is 3.35. The Bertz CT molecular complexity index is 446. The van der Waals surface area contributed by atoms with Gasteiger partial charge in [-0.1, -0.05) is 30.7 Å². The molecule has 1 fully saturated rings. The van der Waals surface area contributed by atoms with Crippen molar-refractivity contribution in [3.8, 4) is 0 Å². The van der Waals surface area contributed by atoms with Crippen molar-refractivity contribution in [1.82, 2.24) is 9.88 Å². The molecule has 2 N–H and O–H groups in total. The first-order valence-electron chi connectivity index (χ1n) is 6.51. The third-order valence-corrected chi connectivity index (χ3v) is 4.13. The highest BCUT2D eigenvalue weighted by Gasteiger charge is 2.25. The van der Waals surface area contributed by atoms with Crippen LogP contribution in [0, 0.1) is 0 Å². The summed E-state index contributed by atoms with van der Waals surface area (Å²) in [5, 5.41) is 0.706. The van der Waals surface area contributed by atoms with Gasteiger partial charge in [0.25, 0.3) is 0 Å². The molecule has 0 radical (unpaired) electrons. The van der Waals surface area contributed by atoms with Gasteiger partial charge in [0, 0.05) is 38.6 Å². The van der Waals surface area contributed by atoms with Gasteiger partial charge >= 0.3 is 0 Å². The summed E-state index contributed by atoms with van der Waals surface area (Å²) in [5.74, 6) is 0. The number of aromatic nitrogens is 1. The molecular weight excluding hydrogens is 280 g/mol. The molecule has 0 aliphatic carbocycles. The standard InChI is InChI=1S/C13H19ClN4S/c1-2-11(13(15)19)17-5-7-18(8-6-17)12-3-4-16-9-10(12)14/h3-4,9,11H,2,5-8H2,1H3,(H2,15,19). The van der Waals surface area contributed by atoms with Crippen molar-refractivity contribution >= 4 is 34.5 Å². The van der Waals surface area contributed by atoms with Crippen LogP contribution in [0.4, 0.5) is 5.69 Å². The van der Waals surface area contributed by atoms with E-state index >= 15 is 0 Å². The van der Waals surface area contributed by atoms with Gasteiger partial charge in [-0.3, -0.25) is 9.88 Å². The van der Waals surface area contributed by atoms with Crippen LogP contribution in [0.1, 0.15) is 13.3 Å². The Kier molecular flexibility index (Phi) is 4.96. The van der Waals surface area contributed by atoms with Gasteiger partial charge in [-0.15, -0.1) is 0 Å². The lowest BCUT2D eigenvalue weighted by Gasteiger charge is -2.39. The quantitative estimate of drug-likeness (QED) is 0.861. The van der Waals surface area contributed by atoms with Crippen LogP contribution in [0.15, 0.2) is 18.5 Å². The lowest BCUT2D eigenvalue weighted by molar-refractivity contribution is 0.224. The monoisotopic (exact) mass is 298 g/mol. The Morgan fingerprint density at radius 2 is 2.16 bits per heavy atom. The van der Waals surface area contributed by atoms with E-state index in [0.717, 1.165) is 38.3 Å². The fourth-order valence-electron chi connectivity index (χ4n) is 2.54. The lowest BCUT2D eigenvalue weighted by Crippen LogP contribution is -2.53. The van der Waals surface area contributed by atoms with Crippen molar-refractivity contribution < 1.29 is 0 Å². The fourth-order valence-corrected chi connectivity index (χ4v) is 3.09. The van der Waals surface area contributed by atoms with Crippen molar-refractivity contribution in [2.24, 2.45) is 5.73 Å². The van der Waals surface area contributed by atoms with E-state index in [2.05, 4.69) is 21.7 Å². The zero-order valence-corrected chi connectivity index (χ0v) is 12.6. The zero-order chi connectivity index (χ0) is 13.8. The van der Waals surface area contributed by atoms with E-state index < -0.39 is 0 Å². The zero-order valence-electron chi connectivity index (χ0n) is 11.1. The average molecular weight is 299 g/mol. The Balaban J connectivity index is 2.00. The van der Waals surface area contributed by atoms with Crippen LogP contribution in [0.3, 0.4) is 0 Å². The second-order valence-corrected chi connectivity index (χ2v) is 5.56. The second kappa shape index (κ2) is 6.50. The number of piperazine rings is 1. The van der Waals surface area contributed by atoms with E-state index in [1.165, 1.54) is 0 Å². The number of rotatable bonds is 4. The molecule has 1 aromatic heterocycles. The topological polar surface area (TPSA) is 45.4 Å². The van der Waals surface area contributed by atoms with E-state index in [0.29, 0.717) is 10.0 Å². The first-order chi connectivity index (χ1) is 9.13. The molecule has 0 spiro atoms. The molecular formula is C13H19ClN4S. The Hall–Kier alpha value is -0.910. The maximum absolute atomic E-state index is 6.18. The number of anilines is 1. The molecule has 104 valence electrons. The minimum atomic E-state index is 0.213. The number of halogens is 1. The SMILES string of the molecule is CCC(C(N)=S)N1CCN(c2ccncc2Cl)CC1. The van der Waals surface area contributed by atoms with Gasteiger partial charge in [0.2, 0.25) is 0 Å². The van der Waals surface area contributed by atoms with Crippen molar-refractivity contribution in [2.75, 3.05) is 31.1 Å². The van der Waals surface area contributed by atoms with E-state index in [4.69, 9.17) is 29.6 Å². The van der Waals surface area contributed by atoms with E-state index in [9.17, 15) is 0 Å². The Labute approximate surface area is 124 Å². The number of pyridine rings is 1. The van der Waals surface area contributed by atoms with E-state index in [-0.39, 0.29) is 6.04 Å². The number of hydrogen-bond donors (Lipinski definition) is 1. The molecule has 0 saturated carbocycles. The molecule has 4 nitrogen and oxygen atoms in total. The summed E-state index contributed by atoms with van der Waals surface area (Å²) in [6.07, 6.45) is 4.43. The van der Waals surface area contributed by atoms with Crippen LogP contribution in [0.2, 0.25) is 5.02 Å². The Morgan fingerprint density at radius 1 is 1.47 bits per heavy atom. The molecule has 1 aliphatic heterocycles. The van der Waals surface area contributed by atoms with Gasteiger partial charge in [0.15, 0.2) is 0 Å². The summed E-state index contributed by atoms with van der Waals surface area (Å²) in [7, 11) is 0. The number of nitrogens with zero attached hydrogens (tertiary/aromatic N) is 3. The summed E-state index contributed by atoms with van der Waals surface area (Å²) < 4.78 is 0. The highest BCUT2D eigenvalue weighted by atomic mass is 35.5. The van der Waals surface area contributed by atoms with Crippen molar-refractivity contribution in [1.29, 1.82) is 0 Å². The molecule has 1 unspecified atom stereocenters. The van der Waals surface area contributed by atoms with E-state index in [1.54, 1.807) is 12.4 Å². The molecule has 1 atom stereocenters. The highest BCUT2D eigenvalue weighted by molar-refractivity contribution is 7.80. The Morgan fingerprint density at radius 3 is 2.68 bits per heavy atom. The fraction of sp³-hybridized carbons (Fsp3) is 0.538. The van der Waals surface area contributed by atoms with Crippen molar-refractivity contribution in [3.63, 3.8) is 0 Å². The van der Waals surface area contributed by atoms with Crippen molar-refractivity contribution in [2.45, 2.75) is 19.4 Å². The summed E-state index contributed by atoms with van der Waals surface area (Å²) in [5.41, 5.74) is 6.85. The van der Waals surface area contributed by atoms with Crippen LogP contribution < -0.4 is 10.6 Å². The minimum Gasteiger partial charge on any atom is -0.392 e. The van der Waals surface area contributed by atoms with Gasteiger partial charge < -0.3 is 10.6 Å². The van der Waals surface area contributed by atoms with Crippen LogP contribution in [-0.4, -0.2) is 47.1 Å². The first-order valence-corrected chi connectivity index (χ1v) is 7.30. The van der Waals surface area contributed by atoms with E-state index in [1.807, 2.05) is 6.07 Å². The van der Waals surface area contributed by atoms with Gasteiger partial charge in [0.05, 0.1) is 21.7 Å². The summed E-state index contributed by atoms with van der Waals surface area (Å²) in [6.45, 7) is 5.89. The smallest absolute Gasteiger partial charge is 0.0901 e. The third-order valence-electron chi connectivity index (χ3n) is 3.56. The lowest BCUT2D eigenvalue weighted by atomic mass is 10.1. The van der Waals surface area contributed by atoms with Gasteiger partial charge in [0.1, 0.15) is 0 Å². The molecule has 1 aromatic rings. The molecule has 1 saturated heterocycles. The molecule has 1 aliphatic rings. The van der Waals surface area contributed by atoms with Gasteiger partial charge in [-0.05, 0) is 12.5 Å². The molecule has 0 bridgehead atoms. The van der Waals surface area contributed by atoms with Gasteiger partial charge in [-0.2, -0.15) is 0 Å². The maximum Gasteiger partial charge on any atom is 0.0901 e. The predicted molar refractivity (Wildman–Crippen MR) is 83.9 cm³/mol. The molecule has 0 aromatic carbocycles. The molecule has 0 amide bonds. The molecule has 2 heterocycles. The summed E-state index contributed by atoms with van der Waals surface area (Å²) in [4.78, 5) is 9.25. The van der Waals surface area contributed by atoms with Crippen molar-refractivity contribution in [3.05, 3.63) is 23.5 Å². The summed E-state index contributed by atoms with van der Waals surface area (Å²) in [6, 6.07) is 2.17. The van der Waals surface area contributed by atoms with Crippen LogP contribution in [0.25, 0.3) is 0 Å².